The summed E-state index contributed by atoms with van der Waals surface area (Å²) < 4.78 is 0. The standard InChI is InChI=1S/C24H20N8S/c1-2-25-9-14-7-16(11-26-10-14)19-8-18-20(12-28-19)31-32-22(18)24-29-21-17(15-4-6-33-13-15)3-5-27-23(21)30-24/h3-8,10-13,25H,2,9H2,1H3,(H,31,32)(H,27,29,30). The van der Waals surface area contributed by atoms with E-state index in [-0.39, 0.29) is 0 Å². The van der Waals surface area contributed by atoms with Crippen LogP contribution in [0.4, 0.5) is 0 Å². The van der Waals surface area contributed by atoms with Crippen LogP contribution in [0, 0.1) is 0 Å². The lowest BCUT2D eigenvalue weighted by atomic mass is 10.1. The highest BCUT2D eigenvalue weighted by atomic mass is 32.1. The van der Waals surface area contributed by atoms with E-state index in [2.05, 4.69) is 65.3 Å². The van der Waals surface area contributed by atoms with Crippen molar-refractivity contribution < 1.29 is 0 Å². The third kappa shape index (κ3) is 3.57. The summed E-state index contributed by atoms with van der Waals surface area (Å²) in [6, 6.07) is 8.24. The number of nitrogens with zero attached hydrogens (tertiary/aromatic N) is 5. The Morgan fingerprint density at radius 1 is 1.06 bits per heavy atom. The molecule has 6 aromatic heterocycles. The van der Waals surface area contributed by atoms with E-state index in [0.717, 1.165) is 63.2 Å². The first-order valence-electron chi connectivity index (χ1n) is 10.7. The highest BCUT2D eigenvalue weighted by Gasteiger charge is 2.17. The average molecular weight is 453 g/mol. The Balaban J connectivity index is 1.44. The zero-order valence-corrected chi connectivity index (χ0v) is 18.6. The number of aromatic amines is 2. The number of rotatable bonds is 6. The fraction of sp³-hybridized carbons (Fsp3) is 0.125. The van der Waals surface area contributed by atoms with Crippen molar-refractivity contribution in [3.63, 3.8) is 0 Å². The average Bonchev–Trinajstić information content (AvgIpc) is 3.61. The number of imidazole rings is 1. The predicted octanol–water partition coefficient (Wildman–Crippen LogP) is 4.80. The number of nitrogens with one attached hydrogen (secondary N) is 3. The molecule has 0 saturated carbocycles. The van der Waals surface area contributed by atoms with Crippen molar-refractivity contribution >= 4 is 33.4 Å². The molecule has 0 aromatic carbocycles. The summed E-state index contributed by atoms with van der Waals surface area (Å²) >= 11 is 1.67. The Labute approximate surface area is 193 Å². The summed E-state index contributed by atoms with van der Waals surface area (Å²) in [5.41, 5.74) is 8.28. The second kappa shape index (κ2) is 8.19. The van der Waals surface area contributed by atoms with Gasteiger partial charge in [-0.05, 0) is 52.7 Å². The second-order valence-corrected chi connectivity index (χ2v) is 8.48. The van der Waals surface area contributed by atoms with E-state index in [9.17, 15) is 0 Å². The van der Waals surface area contributed by atoms with Crippen LogP contribution in [0.15, 0.2) is 59.8 Å². The normalized spacial score (nSPS) is 11.5. The number of thiophene rings is 1. The molecular weight excluding hydrogens is 432 g/mol. The zero-order valence-electron chi connectivity index (χ0n) is 17.8. The molecule has 0 bridgehead atoms. The van der Waals surface area contributed by atoms with Gasteiger partial charge >= 0.3 is 0 Å². The van der Waals surface area contributed by atoms with Gasteiger partial charge in [-0.2, -0.15) is 16.4 Å². The summed E-state index contributed by atoms with van der Waals surface area (Å²) in [5.74, 6) is 0.669. The molecule has 3 N–H and O–H groups in total. The molecule has 0 aliphatic heterocycles. The predicted molar refractivity (Wildman–Crippen MR) is 131 cm³/mol. The Bertz CT molecular complexity index is 1560. The Kier molecular flexibility index (Phi) is 4.89. The quantitative estimate of drug-likeness (QED) is 0.335. The smallest absolute Gasteiger partial charge is 0.178 e. The van der Waals surface area contributed by atoms with E-state index in [1.165, 1.54) is 0 Å². The van der Waals surface area contributed by atoms with Gasteiger partial charge in [0.25, 0.3) is 0 Å². The first-order valence-corrected chi connectivity index (χ1v) is 11.6. The lowest BCUT2D eigenvalue weighted by Crippen LogP contribution is -2.11. The molecule has 0 amide bonds. The topological polar surface area (TPSA) is 108 Å². The van der Waals surface area contributed by atoms with Crippen LogP contribution < -0.4 is 5.32 Å². The van der Waals surface area contributed by atoms with Crippen LogP contribution in [0.5, 0.6) is 0 Å². The first-order chi connectivity index (χ1) is 16.3. The van der Waals surface area contributed by atoms with Crippen LogP contribution in [0.1, 0.15) is 12.5 Å². The summed E-state index contributed by atoms with van der Waals surface area (Å²) in [4.78, 5) is 21.7. The SMILES string of the molecule is CCNCc1cncc(-c2cc3c(-c4nc5nccc(-c6ccsc6)c5[nH]4)n[nH]c3cn2)c1. The molecule has 9 heteroatoms. The Morgan fingerprint density at radius 3 is 2.91 bits per heavy atom. The first kappa shape index (κ1) is 19.7. The van der Waals surface area contributed by atoms with Crippen molar-refractivity contribution in [1.29, 1.82) is 0 Å². The number of fused-ring (bicyclic) bond motifs is 2. The number of H-pyrrole nitrogens is 2. The van der Waals surface area contributed by atoms with E-state index in [1.54, 1.807) is 23.7 Å². The maximum Gasteiger partial charge on any atom is 0.178 e. The molecule has 0 fully saturated rings. The van der Waals surface area contributed by atoms with Crippen molar-refractivity contribution in [1.82, 2.24) is 40.4 Å². The number of aromatic nitrogens is 7. The fourth-order valence-corrected chi connectivity index (χ4v) is 4.59. The van der Waals surface area contributed by atoms with Crippen molar-refractivity contribution in [2.45, 2.75) is 13.5 Å². The molecule has 6 heterocycles. The van der Waals surface area contributed by atoms with Crippen LogP contribution in [0.3, 0.4) is 0 Å². The van der Waals surface area contributed by atoms with Gasteiger partial charge in [0.2, 0.25) is 0 Å². The van der Waals surface area contributed by atoms with Gasteiger partial charge in [0, 0.05) is 41.6 Å². The number of hydrogen-bond acceptors (Lipinski definition) is 7. The molecule has 0 unspecified atom stereocenters. The van der Waals surface area contributed by atoms with Gasteiger partial charge in [-0.25, -0.2) is 9.97 Å². The van der Waals surface area contributed by atoms with Crippen LogP contribution in [-0.2, 0) is 6.54 Å². The second-order valence-electron chi connectivity index (χ2n) is 7.70. The highest BCUT2D eigenvalue weighted by Crippen LogP contribution is 2.32. The third-order valence-electron chi connectivity index (χ3n) is 5.57. The lowest BCUT2D eigenvalue weighted by Gasteiger charge is -2.05. The molecule has 0 saturated heterocycles. The van der Waals surface area contributed by atoms with Gasteiger partial charge in [-0.3, -0.25) is 15.1 Å². The molecule has 6 rings (SSSR count). The van der Waals surface area contributed by atoms with Gasteiger partial charge in [0.1, 0.15) is 5.69 Å². The van der Waals surface area contributed by atoms with Crippen LogP contribution >= 0.6 is 11.3 Å². The van der Waals surface area contributed by atoms with Crippen molar-refractivity contribution in [2.75, 3.05) is 6.54 Å². The lowest BCUT2D eigenvalue weighted by molar-refractivity contribution is 0.724. The Hall–Kier alpha value is -3.95. The summed E-state index contributed by atoms with van der Waals surface area (Å²) in [6.07, 6.45) is 7.30. The molecular formula is C24H20N8S. The zero-order chi connectivity index (χ0) is 22.2. The van der Waals surface area contributed by atoms with Gasteiger partial charge in [-0.1, -0.05) is 6.92 Å². The largest absolute Gasteiger partial charge is 0.335 e. The highest BCUT2D eigenvalue weighted by molar-refractivity contribution is 7.08. The monoisotopic (exact) mass is 452 g/mol. The van der Waals surface area contributed by atoms with Crippen LogP contribution in [0.25, 0.3) is 56.0 Å². The molecule has 6 aromatic rings. The molecule has 0 aliphatic carbocycles. The van der Waals surface area contributed by atoms with E-state index in [0.29, 0.717) is 11.5 Å². The minimum atomic E-state index is 0.666. The van der Waals surface area contributed by atoms with Gasteiger partial charge < -0.3 is 10.3 Å². The maximum absolute atomic E-state index is 4.74. The molecule has 0 atom stereocenters. The van der Waals surface area contributed by atoms with E-state index >= 15 is 0 Å². The maximum atomic E-state index is 4.74. The number of hydrogen-bond donors (Lipinski definition) is 3. The van der Waals surface area contributed by atoms with Gasteiger partial charge in [0.05, 0.1) is 22.9 Å². The minimum absolute atomic E-state index is 0.666. The van der Waals surface area contributed by atoms with Crippen molar-refractivity contribution in [2.24, 2.45) is 0 Å². The molecule has 0 aliphatic rings. The fourth-order valence-electron chi connectivity index (χ4n) is 3.93. The number of pyridine rings is 3. The van der Waals surface area contributed by atoms with Crippen LogP contribution in [0.2, 0.25) is 0 Å². The molecule has 8 nitrogen and oxygen atoms in total. The van der Waals surface area contributed by atoms with Crippen molar-refractivity contribution in [3.05, 3.63) is 65.4 Å². The van der Waals surface area contributed by atoms with Gasteiger partial charge in [-0.15, -0.1) is 0 Å². The molecule has 33 heavy (non-hydrogen) atoms. The van der Waals surface area contributed by atoms with Crippen LogP contribution in [-0.4, -0.2) is 41.7 Å². The van der Waals surface area contributed by atoms with Gasteiger partial charge in [0.15, 0.2) is 11.5 Å². The van der Waals surface area contributed by atoms with E-state index in [4.69, 9.17) is 4.98 Å². The van der Waals surface area contributed by atoms with E-state index in [1.807, 2.05) is 24.5 Å². The molecule has 0 radical (unpaired) electrons. The molecule has 0 spiro atoms. The Morgan fingerprint density at radius 2 is 2.03 bits per heavy atom. The molecule has 162 valence electrons. The summed E-state index contributed by atoms with van der Waals surface area (Å²) in [6.45, 7) is 3.77. The minimum Gasteiger partial charge on any atom is -0.335 e. The van der Waals surface area contributed by atoms with Crippen molar-refractivity contribution in [3.8, 4) is 33.9 Å². The van der Waals surface area contributed by atoms with E-state index < -0.39 is 0 Å². The third-order valence-corrected chi connectivity index (χ3v) is 6.25. The summed E-state index contributed by atoms with van der Waals surface area (Å²) in [5, 5.41) is 16.1. The summed E-state index contributed by atoms with van der Waals surface area (Å²) in [7, 11) is 0.